The van der Waals surface area contributed by atoms with Gasteiger partial charge in [0.2, 0.25) is 0 Å². The van der Waals surface area contributed by atoms with Crippen molar-refractivity contribution in [3.05, 3.63) is 106 Å². The molecule has 1 N–H and O–H groups in total. The predicted molar refractivity (Wildman–Crippen MR) is 179 cm³/mol. The van der Waals surface area contributed by atoms with Crippen molar-refractivity contribution in [1.29, 1.82) is 0 Å². The van der Waals surface area contributed by atoms with E-state index < -0.39 is 5.82 Å². The van der Waals surface area contributed by atoms with Gasteiger partial charge in [0.15, 0.2) is 5.43 Å². The van der Waals surface area contributed by atoms with Crippen LogP contribution in [0.2, 0.25) is 0 Å². The zero-order valence-electron chi connectivity index (χ0n) is 26.8. The minimum atomic E-state index is -0.491. The van der Waals surface area contributed by atoms with Crippen molar-refractivity contribution in [3.8, 4) is 11.1 Å². The van der Waals surface area contributed by atoms with Crippen molar-refractivity contribution in [3.63, 3.8) is 0 Å². The lowest BCUT2D eigenvalue weighted by molar-refractivity contribution is 0.0540. The average Bonchev–Trinajstić information content (AvgIpc) is 3.82. The van der Waals surface area contributed by atoms with Crippen molar-refractivity contribution in [1.82, 2.24) is 29.4 Å². The fourth-order valence-electron chi connectivity index (χ4n) is 6.67. The number of aryl methyl sites for hydroxylation is 2. The maximum atomic E-state index is 15.7. The molecule has 1 aromatic carbocycles. The van der Waals surface area contributed by atoms with Crippen molar-refractivity contribution < 1.29 is 14.3 Å². The Hall–Kier alpha value is -4.61. The second kappa shape index (κ2) is 13.2. The van der Waals surface area contributed by atoms with Gasteiger partial charge in [-0.3, -0.25) is 19.7 Å². The van der Waals surface area contributed by atoms with Crippen LogP contribution in [0.3, 0.4) is 0 Å². The minimum absolute atomic E-state index is 0.0746. The number of aliphatic hydroxyl groups is 1. The Balaban J connectivity index is 1.24. The number of aliphatic hydroxyl groups excluding tert-OH is 1. The minimum Gasteiger partial charge on any atom is -0.394 e. The third-order valence-corrected chi connectivity index (χ3v) is 9.21. The number of benzene rings is 1. The molecule has 1 aliphatic carbocycles. The number of aromatic nitrogens is 5. The molecule has 2 fully saturated rings. The molecule has 0 unspecified atom stereocenters. The molecule has 5 heterocycles. The molecule has 10 nitrogen and oxygen atoms in total. The van der Waals surface area contributed by atoms with E-state index in [4.69, 9.17) is 9.94 Å². The van der Waals surface area contributed by atoms with Gasteiger partial charge in [-0.15, -0.1) is 9.94 Å². The van der Waals surface area contributed by atoms with Gasteiger partial charge < -0.3 is 19.4 Å². The van der Waals surface area contributed by atoms with Crippen LogP contribution in [-0.2, 0) is 13.1 Å². The quantitative estimate of drug-likeness (QED) is 0.220. The van der Waals surface area contributed by atoms with Gasteiger partial charge in [-0.05, 0) is 81.5 Å². The lowest BCUT2D eigenvalue weighted by Crippen LogP contribution is -2.48. The number of hydrogen-bond acceptors (Lipinski definition) is 8. The first kappa shape index (κ1) is 31.0. The molecule has 2 aliphatic rings. The van der Waals surface area contributed by atoms with E-state index in [0.717, 1.165) is 61.4 Å². The fraction of sp³-hybridized carbons (Fsp3) is 0.389. The molecule has 7 rings (SSSR count). The van der Waals surface area contributed by atoms with Crippen LogP contribution in [-0.4, -0.2) is 66.8 Å². The number of hydrogen-bond donors (Lipinski definition) is 1. The van der Waals surface area contributed by atoms with Gasteiger partial charge in [0, 0.05) is 84.1 Å². The SMILES string of the molecule is Cc1ccc(N2CCC[C@H](N(Cc3ccnc(C)c3)Cc3cn(C4CC4)c4cc(-c5cnn(OCCO)c5)c(F)cc4c3=O)C2)cn1. The monoisotopic (exact) mass is 637 g/mol. The van der Waals surface area contributed by atoms with Gasteiger partial charge in [0.05, 0.1) is 36.4 Å². The van der Waals surface area contributed by atoms with Crippen LogP contribution >= 0.6 is 0 Å². The smallest absolute Gasteiger partial charge is 0.193 e. The molecule has 0 bridgehead atoms. The lowest BCUT2D eigenvalue weighted by atomic mass is 10.0. The Labute approximate surface area is 273 Å². The topological polar surface area (TPSA) is 102 Å². The number of halogens is 1. The number of piperidine rings is 1. The van der Waals surface area contributed by atoms with Gasteiger partial charge >= 0.3 is 0 Å². The van der Waals surface area contributed by atoms with Crippen molar-refractivity contribution in [2.24, 2.45) is 0 Å². The molecule has 5 aromatic rings. The molecule has 1 atom stereocenters. The van der Waals surface area contributed by atoms with E-state index >= 15 is 4.39 Å². The largest absolute Gasteiger partial charge is 0.394 e. The highest BCUT2D eigenvalue weighted by molar-refractivity contribution is 5.85. The Morgan fingerprint density at radius 3 is 2.66 bits per heavy atom. The summed E-state index contributed by atoms with van der Waals surface area (Å²) in [5, 5.41) is 13.6. The summed E-state index contributed by atoms with van der Waals surface area (Å²) in [7, 11) is 0. The van der Waals surface area contributed by atoms with Crippen LogP contribution in [0.1, 0.15) is 54.2 Å². The molecule has 244 valence electrons. The van der Waals surface area contributed by atoms with Crippen molar-refractivity contribution in [2.75, 3.05) is 31.2 Å². The van der Waals surface area contributed by atoms with E-state index in [1.54, 1.807) is 12.3 Å². The molecule has 4 aromatic heterocycles. The first-order valence-corrected chi connectivity index (χ1v) is 16.4. The summed E-state index contributed by atoms with van der Waals surface area (Å²) in [6.07, 6.45) is 13.0. The summed E-state index contributed by atoms with van der Waals surface area (Å²) < 4.78 is 17.9. The number of nitrogens with zero attached hydrogens (tertiary/aromatic N) is 7. The third-order valence-electron chi connectivity index (χ3n) is 9.21. The summed E-state index contributed by atoms with van der Waals surface area (Å²) >= 11 is 0. The summed E-state index contributed by atoms with van der Waals surface area (Å²) in [5.74, 6) is -0.491. The highest BCUT2D eigenvalue weighted by atomic mass is 19.1. The Kier molecular flexibility index (Phi) is 8.74. The van der Waals surface area contributed by atoms with Gasteiger partial charge in [-0.25, -0.2) is 4.39 Å². The average molecular weight is 638 g/mol. The summed E-state index contributed by atoms with van der Waals surface area (Å²) in [6, 6.07) is 11.9. The van der Waals surface area contributed by atoms with Crippen LogP contribution in [0.4, 0.5) is 10.1 Å². The molecule has 0 radical (unpaired) electrons. The maximum absolute atomic E-state index is 15.7. The molecule has 1 saturated heterocycles. The van der Waals surface area contributed by atoms with E-state index in [1.807, 2.05) is 44.6 Å². The molecule has 47 heavy (non-hydrogen) atoms. The molecular weight excluding hydrogens is 597 g/mol. The Morgan fingerprint density at radius 1 is 1.02 bits per heavy atom. The first-order chi connectivity index (χ1) is 22.9. The predicted octanol–water partition coefficient (Wildman–Crippen LogP) is 4.84. The van der Waals surface area contributed by atoms with E-state index in [9.17, 15) is 4.79 Å². The van der Waals surface area contributed by atoms with Gasteiger partial charge in [0.1, 0.15) is 12.4 Å². The summed E-state index contributed by atoms with van der Waals surface area (Å²) in [4.78, 5) is 34.5. The van der Waals surface area contributed by atoms with Gasteiger partial charge in [-0.2, -0.15) is 0 Å². The van der Waals surface area contributed by atoms with Crippen LogP contribution in [0.25, 0.3) is 22.0 Å². The van der Waals surface area contributed by atoms with E-state index in [0.29, 0.717) is 40.7 Å². The molecule has 1 saturated carbocycles. The maximum Gasteiger partial charge on any atom is 0.193 e. The van der Waals surface area contributed by atoms with E-state index in [-0.39, 0.29) is 30.7 Å². The zero-order chi connectivity index (χ0) is 32.5. The van der Waals surface area contributed by atoms with Crippen LogP contribution in [0, 0.1) is 19.7 Å². The third kappa shape index (κ3) is 6.77. The molecule has 0 amide bonds. The van der Waals surface area contributed by atoms with Crippen molar-refractivity contribution in [2.45, 2.75) is 64.7 Å². The highest BCUT2D eigenvalue weighted by Gasteiger charge is 2.30. The number of rotatable bonds is 11. The number of anilines is 1. The van der Waals surface area contributed by atoms with Crippen LogP contribution in [0.5, 0.6) is 0 Å². The normalized spacial score (nSPS) is 16.7. The molecule has 1 aliphatic heterocycles. The summed E-state index contributed by atoms with van der Waals surface area (Å²) in [6.45, 7) is 6.82. The van der Waals surface area contributed by atoms with Crippen LogP contribution in [0.15, 0.2) is 72.2 Å². The second-order valence-corrected chi connectivity index (χ2v) is 12.8. The van der Waals surface area contributed by atoms with Crippen molar-refractivity contribution >= 4 is 16.6 Å². The Morgan fingerprint density at radius 2 is 1.89 bits per heavy atom. The standard InChI is InChI=1S/C36H40FN7O3/c1-24-5-6-30(18-39-24)41-11-3-4-31(23-41)42(19-26-9-10-38-25(2)14-26)20-28-21-43(29-7-8-29)35-16-32(34(37)15-33(35)36(28)46)27-17-40-44(22-27)47-13-12-45/h5-6,9-10,14-18,21-22,29,31,45H,3-4,7-8,11-13,19-20,23H2,1-2H3/t31-/m0/s1. The lowest BCUT2D eigenvalue weighted by Gasteiger charge is -2.40. The number of pyridine rings is 3. The fourth-order valence-corrected chi connectivity index (χ4v) is 6.67. The zero-order valence-corrected chi connectivity index (χ0v) is 26.8. The molecule has 0 spiro atoms. The molecular formula is C36H40FN7O3. The number of fused-ring (bicyclic) bond motifs is 1. The highest BCUT2D eigenvalue weighted by Crippen LogP contribution is 2.38. The summed E-state index contributed by atoms with van der Waals surface area (Å²) in [5.41, 5.74) is 6.33. The molecule has 11 heteroatoms. The van der Waals surface area contributed by atoms with Gasteiger partial charge in [-0.1, -0.05) is 0 Å². The second-order valence-electron chi connectivity index (χ2n) is 12.8. The van der Waals surface area contributed by atoms with E-state index in [2.05, 4.69) is 41.6 Å². The van der Waals surface area contributed by atoms with Crippen LogP contribution < -0.4 is 15.2 Å². The Bertz CT molecular complexity index is 1940. The van der Waals surface area contributed by atoms with Gasteiger partial charge in [0.25, 0.3) is 0 Å². The first-order valence-electron chi connectivity index (χ1n) is 16.4. The van der Waals surface area contributed by atoms with E-state index in [1.165, 1.54) is 17.1 Å².